The fourth-order valence-corrected chi connectivity index (χ4v) is 2.59. The minimum Gasteiger partial charge on any atom is -0.462 e. The molecule has 7 heteroatoms. The minimum absolute atomic E-state index is 0.0846. The van der Waals surface area contributed by atoms with Gasteiger partial charge in [-0.15, -0.1) is 0 Å². The highest BCUT2D eigenvalue weighted by atomic mass is 16.5. The van der Waals surface area contributed by atoms with Crippen LogP contribution in [-0.2, 0) is 9.47 Å². The molecule has 1 aliphatic heterocycles. The third-order valence-electron chi connectivity index (χ3n) is 3.97. The highest BCUT2D eigenvalue weighted by Gasteiger charge is 2.19. The number of anilines is 2. The smallest absolute Gasteiger partial charge is 0.338 e. The fraction of sp³-hybridized carbons (Fsp3) is 0.316. The molecule has 1 aromatic heterocycles. The lowest BCUT2D eigenvalue weighted by molar-refractivity contribution is 0.0299. The number of hydrogen-bond donors (Lipinski definition) is 1. The number of pyridine rings is 1. The molecule has 0 saturated carbocycles. The molecule has 0 radical (unpaired) electrons. The Morgan fingerprint density at radius 1 is 1.12 bits per heavy atom. The quantitative estimate of drug-likeness (QED) is 0.830. The van der Waals surface area contributed by atoms with Crippen molar-refractivity contribution in [2.45, 2.75) is 6.92 Å². The summed E-state index contributed by atoms with van der Waals surface area (Å²) in [5, 5.41) is 3.19. The first-order valence-corrected chi connectivity index (χ1v) is 8.54. The van der Waals surface area contributed by atoms with Gasteiger partial charge in [0.15, 0.2) is 0 Å². The number of carbonyl (C=O) groups is 2. The number of morpholine rings is 1. The van der Waals surface area contributed by atoms with E-state index < -0.39 is 0 Å². The first-order chi connectivity index (χ1) is 12.7. The van der Waals surface area contributed by atoms with Gasteiger partial charge in [-0.2, -0.15) is 0 Å². The van der Waals surface area contributed by atoms with Crippen molar-refractivity contribution in [2.24, 2.45) is 0 Å². The Kier molecular flexibility index (Phi) is 5.80. The Morgan fingerprint density at radius 3 is 2.42 bits per heavy atom. The van der Waals surface area contributed by atoms with Crippen LogP contribution in [0.5, 0.6) is 0 Å². The first-order valence-electron chi connectivity index (χ1n) is 8.54. The molecule has 2 aromatic rings. The van der Waals surface area contributed by atoms with Gasteiger partial charge in [-0.05, 0) is 43.3 Å². The average Bonchev–Trinajstić information content (AvgIpc) is 2.69. The molecule has 1 fully saturated rings. The number of rotatable bonds is 5. The van der Waals surface area contributed by atoms with Crippen LogP contribution in [0.15, 0.2) is 42.6 Å². The zero-order valence-electron chi connectivity index (χ0n) is 14.6. The lowest BCUT2D eigenvalue weighted by atomic mass is 10.2. The van der Waals surface area contributed by atoms with Crippen molar-refractivity contribution in [1.29, 1.82) is 0 Å². The molecule has 26 heavy (non-hydrogen) atoms. The van der Waals surface area contributed by atoms with Crippen LogP contribution in [0.2, 0.25) is 0 Å². The maximum Gasteiger partial charge on any atom is 0.338 e. The fourth-order valence-electron chi connectivity index (χ4n) is 2.59. The van der Waals surface area contributed by atoms with Crippen LogP contribution in [0, 0.1) is 0 Å². The Labute approximate surface area is 151 Å². The summed E-state index contributed by atoms with van der Waals surface area (Å²) in [6, 6.07) is 10.5. The summed E-state index contributed by atoms with van der Waals surface area (Å²) in [7, 11) is 0. The monoisotopic (exact) mass is 355 g/mol. The summed E-state index contributed by atoms with van der Waals surface area (Å²) in [6.45, 7) is 4.43. The van der Waals surface area contributed by atoms with Crippen LogP contribution in [0.1, 0.15) is 27.8 Å². The van der Waals surface area contributed by atoms with E-state index in [1.807, 2.05) is 0 Å². The molecule has 136 valence electrons. The van der Waals surface area contributed by atoms with Crippen molar-refractivity contribution in [3.05, 3.63) is 53.9 Å². The van der Waals surface area contributed by atoms with Crippen molar-refractivity contribution < 1.29 is 19.1 Å². The third kappa shape index (κ3) is 4.37. The summed E-state index contributed by atoms with van der Waals surface area (Å²) in [6.07, 6.45) is 1.62. The number of ether oxygens (including phenoxy) is 2. The van der Waals surface area contributed by atoms with Gasteiger partial charge in [-0.3, -0.25) is 4.79 Å². The minimum atomic E-state index is -0.341. The van der Waals surface area contributed by atoms with E-state index in [0.29, 0.717) is 44.2 Å². The summed E-state index contributed by atoms with van der Waals surface area (Å²) in [5.41, 5.74) is 2.48. The molecule has 1 amide bonds. The van der Waals surface area contributed by atoms with Crippen LogP contribution in [-0.4, -0.2) is 54.7 Å². The Hall–Kier alpha value is -2.93. The van der Waals surface area contributed by atoms with E-state index in [2.05, 4.69) is 10.3 Å². The number of carbonyl (C=O) groups excluding carboxylic acids is 2. The largest absolute Gasteiger partial charge is 0.462 e. The number of nitrogens with zero attached hydrogens (tertiary/aromatic N) is 2. The highest BCUT2D eigenvalue weighted by Crippen LogP contribution is 2.17. The van der Waals surface area contributed by atoms with Gasteiger partial charge >= 0.3 is 5.97 Å². The molecule has 1 aliphatic rings. The van der Waals surface area contributed by atoms with E-state index in [4.69, 9.17) is 9.47 Å². The topological polar surface area (TPSA) is 80.8 Å². The normalized spacial score (nSPS) is 14.0. The standard InChI is InChI=1S/C19H21N3O4/c1-2-26-19(24)14-3-5-15(6-4-14)21-16-7-8-17(20-13-16)18(23)22-9-11-25-12-10-22/h3-8,13,21H,2,9-12H2,1H3. The van der Waals surface area contributed by atoms with Gasteiger partial charge in [0.25, 0.3) is 5.91 Å². The molecule has 1 aromatic carbocycles. The van der Waals surface area contributed by atoms with Crippen molar-refractivity contribution in [3.63, 3.8) is 0 Å². The van der Waals surface area contributed by atoms with E-state index in [9.17, 15) is 9.59 Å². The molecule has 1 N–H and O–H groups in total. The Morgan fingerprint density at radius 2 is 1.81 bits per heavy atom. The van der Waals surface area contributed by atoms with Gasteiger partial charge in [0, 0.05) is 18.8 Å². The summed E-state index contributed by atoms with van der Waals surface area (Å²) in [5.74, 6) is -0.426. The number of esters is 1. The van der Waals surface area contributed by atoms with E-state index in [1.54, 1.807) is 54.4 Å². The number of aromatic nitrogens is 1. The second-order valence-corrected chi connectivity index (χ2v) is 5.76. The van der Waals surface area contributed by atoms with Crippen molar-refractivity contribution in [1.82, 2.24) is 9.88 Å². The van der Waals surface area contributed by atoms with Gasteiger partial charge in [0.1, 0.15) is 5.69 Å². The maximum atomic E-state index is 12.4. The molecule has 3 rings (SSSR count). The molecule has 0 bridgehead atoms. The zero-order valence-corrected chi connectivity index (χ0v) is 14.6. The van der Waals surface area contributed by atoms with E-state index in [1.165, 1.54) is 0 Å². The number of nitrogens with one attached hydrogen (secondary N) is 1. The predicted octanol–water partition coefficient (Wildman–Crippen LogP) is 2.47. The van der Waals surface area contributed by atoms with Crippen molar-refractivity contribution in [2.75, 3.05) is 38.2 Å². The lowest BCUT2D eigenvalue weighted by Crippen LogP contribution is -2.41. The molecule has 7 nitrogen and oxygen atoms in total. The SMILES string of the molecule is CCOC(=O)c1ccc(Nc2ccc(C(=O)N3CCOCC3)nc2)cc1. The van der Waals surface area contributed by atoms with Crippen LogP contribution < -0.4 is 5.32 Å². The third-order valence-corrected chi connectivity index (χ3v) is 3.97. The lowest BCUT2D eigenvalue weighted by Gasteiger charge is -2.26. The van der Waals surface area contributed by atoms with E-state index >= 15 is 0 Å². The van der Waals surface area contributed by atoms with Crippen LogP contribution in [0.4, 0.5) is 11.4 Å². The van der Waals surface area contributed by atoms with E-state index in [-0.39, 0.29) is 11.9 Å². The van der Waals surface area contributed by atoms with Gasteiger partial charge in [-0.1, -0.05) is 0 Å². The van der Waals surface area contributed by atoms with Crippen LogP contribution in [0.25, 0.3) is 0 Å². The summed E-state index contributed by atoms with van der Waals surface area (Å²) in [4.78, 5) is 30.0. The van der Waals surface area contributed by atoms with Crippen molar-refractivity contribution in [3.8, 4) is 0 Å². The maximum absolute atomic E-state index is 12.4. The van der Waals surface area contributed by atoms with Crippen molar-refractivity contribution >= 4 is 23.3 Å². The molecule has 0 aliphatic carbocycles. The summed E-state index contributed by atoms with van der Waals surface area (Å²) >= 11 is 0. The van der Waals surface area contributed by atoms with Crippen LogP contribution >= 0.6 is 0 Å². The van der Waals surface area contributed by atoms with Gasteiger partial charge in [0.2, 0.25) is 0 Å². The predicted molar refractivity (Wildman–Crippen MR) is 96.6 cm³/mol. The zero-order chi connectivity index (χ0) is 18.4. The average molecular weight is 355 g/mol. The van der Waals surface area contributed by atoms with E-state index in [0.717, 1.165) is 11.4 Å². The Balaban J connectivity index is 1.62. The molecule has 2 heterocycles. The molecule has 0 atom stereocenters. The number of amides is 1. The van der Waals surface area contributed by atoms with Gasteiger partial charge in [-0.25, -0.2) is 9.78 Å². The Bertz CT molecular complexity index is 753. The summed E-state index contributed by atoms with van der Waals surface area (Å²) < 4.78 is 10.2. The highest BCUT2D eigenvalue weighted by molar-refractivity contribution is 5.92. The first kappa shape index (κ1) is 17.9. The second-order valence-electron chi connectivity index (χ2n) is 5.76. The molecule has 0 spiro atoms. The molecular weight excluding hydrogens is 334 g/mol. The van der Waals surface area contributed by atoms with Gasteiger partial charge < -0.3 is 19.7 Å². The molecule has 0 unspecified atom stereocenters. The number of hydrogen-bond acceptors (Lipinski definition) is 6. The van der Waals surface area contributed by atoms with Crippen LogP contribution in [0.3, 0.4) is 0 Å². The second kappa shape index (κ2) is 8.44. The van der Waals surface area contributed by atoms with Gasteiger partial charge in [0.05, 0.1) is 37.3 Å². The molecular formula is C19H21N3O4. The number of benzene rings is 1. The molecule has 1 saturated heterocycles.